The highest BCUT2D eigenvalue weighted by molar-refractivity contribution is 9.10. The summed E-state index contributed by atoms with van der Waals surface area (Å²) in [5.41, 5.74) is 4.66. The fourth-order valence-corrected chi connectivity index (χ4v) is 3.22. The lowest BCUT2D eigenvalue weighted by molar-refractivity contribution is 0.377. The fourth-order valence-electron chi connectivity index (χ4n) is 2.80. The minimum atomic E-state index is 0.324. The highest BCUT2D eigenvalue weighted by atomic mass is 79.9. The quantitative estimate of drug-likeness (QED) is 0.629. The molecule has 0 aromatic heterocycles. The van der Waals surface area contributed by atoms with E-state index in [4.69, 9.17) is 0 Å². The SMILES string of the molecule is CC1=C(/C=C/c2cccc(Br)c2)C(C)(C)CCC1. The molecule has 96 valence electrons. The molecule has 0 aliphatic heterocycles. The average molecular weight is 305 g/mol. The molecular formula is C17H21Br. The first kappa shape index (κ1) is 13.6. The molecule has 1 heteroatoms. The largest absolute Gasteiger partial charge is 0.0696 e. The van der Waals surface area contributed by atoms with Gasteiger partial charge in [0.1, 0.15) is 0 Å². The Balaban J connectivity index is 2.27. The summed E-state index contributed by atoms with van der Waals surface area (Å²) >= 11 is 3.52. The van der Waals surface area contributed by atoms with E-state index >= 15 is 0 Å². The van der Waals surface area contributed by atoms with Gasteiger partial charge in [-0.2, -0.15) is 0 Å². The Morgan fingerprint density at radius 1 is 1.22 bits per heavy atom. The minimum Gasteiger partial charge on any atom is -0.0696 e. The van der Waals surface area contributed by atoms with Gasteiger partial charge in [0, 0.05) is 4.47 Å². The van der Waals surface area contributed by atoms with Crippen LogP contribution >= 0.6 is 15.9 Å². The van der Waals surface area contributed by atoms with Crippen LogP contribution in [0.2, 0.25) is 0 Å². The Morgan fingerprint density at radius 2 is 2.00 bits per heavy atom. The first-order valence-corrected chi connectivity index (χ1v) is 7.42. The van der Waals surface area contributed by atoms with Crippen molar-refractivity contribution >= 4 is 22.0 Å². The maximum Gasteiger partial charge on any atom is 0.0181 e. The zero-order valence-electron chi connectivity index (χ0n) is 11.5. The summed E-state index contributed by atoms with van der Waals surface area (Å²) in [7, 11) is 0. The summed E-state index contributed by atoms with van der Waals surface area (Å²) in [5, 5.41) is 0. The molecule has 0 amide bonds. The Bertz CT molecular complexity index is 492. The number of allylic oxidation sites excluding steroid dienone is 3. The second-order valence-corrected chi connectivity index (χ2v) is 6.74. The van der Waals surface area contributed by atoms with Gasteiger partial charge in [0.05, 0.1) is 0 Å². The molecule has 2 rings (SSSR count). The zero-order chi connectivity index (χ0) is 13.2. The number of hydrogen-bond acceptors (Lipinski definition) is 0. The molecule has 0 bridgehead atoms. The van der Waals surface area contributed by atoms with Gasteiger partial charge in [0.2, 0.25) is 0 Å². The van der Waals surface area contributed by atoms with Crippen LogP contribution in [-0.4, -0.2) is 0 Å². The number of rotatable bonds is 2. The van der Waals surface area contributed by atoms with Gasteiger partial charge in [-0.1, -0.05) is 59.6 Å². The monoisotopic (exact) mass is 304 g/mol. The Morgan fingerprint density at radius 3 is 2.67 bits per heavy atom. The van der Waals surface area contributed by atoms with Crippen LogP contribution in [0.3, 0.4) is 0 Å². The highest BCUT2D eigenvalue weighted by Gasteiger charge is 2.26. The summed E-state index contributed by atoms with van der Waals surface area (Å²) in [6.45, 7) is 6.99. The molecular weight excluding hydrogens is 284 g/mol. The van der Waals surface area contributed by atoms with E-state index in [2.05, 4.69) is 73.1 Å². The molecule has 0 spiro atoms. The van der Waals surface area contributed by atoms with Crippen LogP contribution in [0.15, 0.2) is 46.0 Å². The van der Waals surface area contributed by atoms with Crippen molar-refractivity contribution in [3.05, 3.63) is 51.5 Å². The van der Waals surface area contributed by atoms with Crippen molar-refractivity contribution < 1.29 is 0 Å². The summed E-state index contributed by atoms with van der Waals surface area (Å²) in [5.74, 6) is 0. The molecule has 1 aromatic carbocycles. The smallest absolute Gasteiger partial charge is 0.0181 e. The zero-order valence-corrected chi connectivity index (χ0v) is 13.0. The van der Waals surface area contributed by atoms with Crippen molar-refractivity contribution in [3.8, 4) is 0 Å². The summed E-state index contributed by atoms with van der Waals surface area (Å²) in [4.78, 5) is 0. The molecule has 0 nitrogen and oxygen atoms in total. The van der Waals surface area contributed by atoms with Crippen LogP contribution in [0.5, 0.6) is 0 Å². The number of hydrogen-bond donors (Lipinski definition) is 0. The van der Waals surface area contributed by atoms with E-state index < -0.39 is 0 Å². The van der Waals surface area contributed by atoms with Gasteiger partial charge in [-0.15, -0.1) is 0 Å². The minimum absolute atomic E-state index is 0.324. The summed E-state index contributed by atoms with van der Waals surface area (Å²) in [6, 6.07) is 8.44. The Kier molecular flexibility index (Phi) is 4.11. The third-order valence-electron chi connectivity index (χ3n) is 3.83. The van der Waals surface area contributed by atoms with Crippen molar-refractivity contribution in [1.82, 2.24) is 0 Å². The van der Waals surface area contributed by atoms with Gasteiger partial charge in [0.25, 0.3) is 0 Å². The molecule has 0 fully saturated rings. The maximum absolute atomic E-state index is 3.52. The predicted octanol–water partition coefficient (Wildman–Crippen LogP) is 5.99. The van der Waals surface area contributed by atoms with Crippen LogP contribution < -0.4 is 0 Å². The van der Waals surface area contributed by atoms with Crippen molar-refractivity contribution in [2.75, 3.05) is 0 Å². The first-order chi connectivity index (χ1) is 8.49. The van der Waals surface area contributed by atoms with Crippen LogP contribution in [0.1, 0.15) is 45.6 Å². The second kappa shape index (κ2) is 5.44. The van der Waals surface area contributed by atoms with E-state index in [0.717, 1.165) is 4.47 Å². The van der Waals surface area contributed by atoms with E-state index in [-0.39, 0.29) is 0 Å². The average Bonchev–Trinajstić information content (AvgIpc) is 2.27. The lowest BCUT2D eigenvalue weighted by atomic mass is 9.72. The maximum atomic E-state index is 3.52. The van der Waals surface area contributed by atoms with Crippen LogP contribution in [0, 0.1) is 5.41 Å². The summed E-state index contributed by atoms with van der Waals surface area (Å²) in [6.07, 6.45) is 8.42. The van der Waals surface area contributed by atoms with Crippen molar-refractivity contribution in [2.24, 2.45) is 5.41 Å². The molecule has 0 radical (unpaired) electrons. The normalized spacial score (nSPS) is 19.6. The van der Waals surface area contributed by atoms with Gasteiger partial charge >= 0.3 is 0 Å². The third-order valence-corrected chi connectivity index (χ3v) is 4.33. The number of halogens is 1. The standard InChI is InChI=1S/C17H21Br/c1-13-6-5-11-17(2,3)16(13)10-9-14-7-4-8-15(18)12-14/h4,7-10,12H,5-6,11H2,1-3H3/b10-9+. The molecule has 0 saturated heterocycles. The van der Waals surface area contributed by atoms with Crippen molar-refractivity contribution in [1.29, 1.82) is 0 Å². The second-order valence-electron chi connectivity index (χ2n) is 5.82. The van der Waals surface area contributed by atoms with E-state index in [1.165, 1.54) is 30.4 Å². The van der Waals surface area contributed by atoms with Crippen molar-refractivity contribution in [3.63, 3.8) is 0 Å². The molecule has 0 N–H and O–H groups in total. The molecule has 1 aliphatic rings. The highest BCUT2D eigenvalue weighted by Crippen LogP contribution is 2.40. The van der Waals surface area contributed by atoms with Gasteiger partial charge in [-0.3, -0.25) is 0 Å². The lowest BCUT2D eigenvalue weighted by Gasteiger charge is -2.32. The van der Waals surface area contributed by atoms with Gasteiger partial charge in [0.15, 0.2) is 0 Å². The Hall–Kier alpha value is -0.820. The molecule has 0 heterocycles. The topological polar surface area (TPSA) is 0 Å². The van der Waals surface area contributed by atoms with E-state index in [0.29, 0.717) is 5.41 Å². The molecule has 18 heavy (non-hydrogen) atoms. The summed E-state index contributed by atoms with van der Waals surface area (Å²) < 4.78 is 1.14. The lowest BCUT2D eigenvalue weighted by Crippen LogP contribution is -2.18. The number of benzene rings is 1. The van der Waals surface area contributed by atoms with Crippen molar-refractivity contribution in [2.45, 2.75) is 40.0 Å². The molecule has 1 aliphatic carbocycles. The van der Waals surface area contributed by atoms with E-state index in [1.807, 2.05) is 0 Å². The van der Waals surface area contributed by atoms with Gasteiger partial charge in [-0.05, 0) is 54.9 Å². The fraction of sp³-hybridized carbons (Fsp3) is 0.412. The molecule has 1 aromatic rings. The van der Waals surface area contributed by atoms with Crippen LogP contribution in [0.25, 0.3) is 6.08 Å². The van der Waals surface area contributed by atoms with E-state index in [1.54, 1.807) is 5.57 Å². The van der Waals surface area contributed by atoms with Crippen LogP contribution in [0.4, 0.5) is 0 Å². The molecule has 0 saturated carbocycles. The van der Waals surface area contributed by atoms with Gasteiger partial charge in [-0.25, -0.2) is 0 Å². The predicted molar refractivity (Wildman–Crippen MR) is 83.5 cm³/mol. The van der Waals surface area contributed by atoms with Crippen LogP contribution in [-0.2, 0) is 0 Å². The molecule has 0 unspecified atom stereocenters. The Labute approximate surface area is 119 Å². The molecule has 0 atom stereocenters. The first-order valence-electron chi connectivity index (χ1n) is 6.63. The third kappa shape index (κ3) is 3.14. The van der Waals surface area contributed by atoms with Gasteiger partial charge < -0.3 is 0 Å². The van der Waals surface area contributed by atoms with E-state index in [9.17, 15) is 0 Å².